The molecule has 0 bridgehead atoms. The molecule has 0 aliphatic carbocycles. The molecule has 7 nitrogen and oxygen atoms in total. The van der Waals surface area contributed by atoms with E-state index in [2.05, 4.69) is 31.3 Å². The Balaban J connectivity index is 1.93. The van der Waals surface area contributed by atoms with Crippen molar-refractivity contribution < 1.29 is 13.2 Å². The number of H-pyrrole nitrogens is 1. The number of benzene rings is 2. The second-order valence-electron chi connectivity index (χ2n) is 6.08. The molecule has 0 saturated carbocycles. The summed E-state index contributed by atoms with van der Waals surface area (Å²) in [6.45, 7) is 1.90. The smallest absolute Gasteiger partial charge is 0.377 e. The van der Waals surface area contributed by atoms with Gasteiger partial charge in [0.1, 0.15) is 11.6 Å². The van der Waals surface area contributed by atoms with Crippen LogP contribution < -0.4 is 10.6 Å². The topological polar surface area (TPSA) is 102 Å². The predicted octanol–water partition coefficient (Wildman–Crippen LogP) is 4.37. The number of halogens is 3. The van der Waals surface area contributed by atoms with Gasteiger partial charge >= 0.3 is 6.18 Å². The Hall–Kier alpha value is -3.87. The number of alkyl halides is 3. The standard InChI is InChI=1S/C19H16F3N7/c1-12(13-5-3-2-4-6-13)25-16-8-7-15(19(20,21)22)9-17(16)24-11-14(10-23)18-26-28-29-27-18/h2-9,11-12,24-25H,1H3,(H,26,27,28,29). The lowest BCUT2D eigenvalue weighted by molar-refractivity contribution is -0.137. The van der Waals surface area contributed by atoms with E-state index in [1.807, 2.05) is 43.3 Å². The van der Waals surface area contributed by atoms with Gasteiger partial charge in [-0.2, -0.15) is 23.6 Å². The van der Waals surface area contributed by atoms with E-state index >= 15 is 0 Å². The molecular formula is C19H16F3N7. The Bertz CT molecular complexity index is 1020. The molecule has 0 aliphatic rings. The molecule has 0 fully saturated rings. The maximum atomic E-state index is 13.2. The fourth-order valence-electron chi connectivity index (χ4n) is 2.60. The first-order valence-electron chi connectivity index (χ1n) is 8.52. The molecule has 3 rings (SSSR count). The van der Waals surface area contributed by atoms with Crippen LogP contribution in [0.2, 0.25) is 0 Å². The second kappa shape index (κ2) is 8.43. The molecule has 0 spiro atoms. The van der Waals surface area contributed by atoms with Crippen LogP contribution in [0.15, 0.2) is 54.7 Å². The van der Waals surface area contributed by atoms with Gasteiger partial charge in [-0.1, -0.05) is 30.3 Å². The number of aromatic amines is 1. The van der Waals surface area contributed by atoms with Crippen molar-refractivity contribution in [1.29, 1.82) is 5.26 Å². The molecule has 0 saturated heterocycles. The van der Waals surface area contributed by atoms with Gasteiger partial charge in [-0.25, -0.2) is 0 Å². The molecule has 0 aliphatic heterocycles. The first-order valence-corrected chi connectivity index (χ1v) is 8.52. The molecule has 1 unspecified atom stereocenters. The molecule has 1 atom stereocenters. The van der Waals surface area contributed by atoms with Gasteiger partial charge in [-0.15, -0.1) is 10.2 Å². The molecule has 3 N–H and O–H groups in total. The average molecular weight is 399 g/mol. The summed E-state index contributed by atoms with van der Waals surface area (Å²) in [6, 6.07) is 14.5. The number of hydrogen-bond donors (Lipinski definition) is 3. The number of nitrogens with zero attached hydrogens (tertiary/aromatic N) is 4. The van der Waals surface area contributed by atoms with Crippen molar-refractivity contribution in [3.05, 3.63) is 71.7 Å². The fourth-order valence-corrected chi connectivity index (χ4v) is 2.60. The van der Waals surface area contributed by atoms with E-state index in [9.17, 15) is 18.4 Å². The highest BCUT2D eigenvalue weighted by Crippen LogP contribution is 2.35. The van der Waals surface area contributed by atoms with Crippen molar-refractivity contribution >= 4 is 16.9 Å². The summed E-state index contributed by atoms with van der Waals surface area (Å²) >= 11 is 0. The molecule has 10 heteroatoms. The van der Waals surface area contributed by atoms with Crippen molar-refractivity contribution in [3.63, 3.8) is 0 Å². The zero-order valence-electron chi connectivity index (χ0n) is 15.2. The Morgan fingerprint density at radius 1 is 1.17 bits per heavy atom. The normalized spacial score (nSPS) is 12.9. The first kappa shape index (κ1) is 19.9. The van der Waals surface area contributed by atoms with E-state index in [0.717, 1.165) is 17.7 Å². The maximum Gasteiger partial charge on any atom is 0.416 e. The zero-order valence-corrected chi connectivity index (χ0v) is 15.2. The lowest BCUT2D eigenvalue weighted by atomic mass is 10.1. The van der Waals surface area contributed by atoms with Gasteiger partial charge in [-0.3, -0.25) is 0 Å². The summed E-state index contributed by atoms with van der Waals surface area (Å²) in [7, 11) is 0. The fraction of sp³-hybridized carbons (Fsp3) is 0.158. The highest BCUT2D eigenvalue weighted by atomic mass is 19.4. The number of rotatable bonds is 6. The van der Waals surface area contributed by atoms with Gasteiger partial charge in [0, 0.05) is 12.2 Å². The molecule has 148 valence electrons. The van der Waals surface area contributed by atoms with Crippen molar-refractivity contribution in [2.45, 2.75) is 19.1 Å². The van der Waals surface area contributed by atoms with Gasteiger partial charge in [-0.05, 0) is 35.9 Å². The second-order valence-corrected chi connectivity index (χ2v) is 6.08. The minimum absolute atomic E-state index is 0.0122. The van der Waals surface area contributed by atoms with Gasteiger partial charge < -0.3 is 10.6 Å². The van der Waals surface area contributed by atoms with E-state index in [0.29, 0.717) is 5.69 Å². The molecular weight excluding hydrogens is 383 g/mol. The minimum Gasteiger partial charge on any atom is -0.377 e. The van der Waals surface area contributed by atoms with E-state index in [-0.39, 0.29) is 23.1 Å². The molecule has 1 heterocycles. The largest absolute Gasteiger partial charge is 0.416 e. The lowest BCUT2D eigenvalue weighted by Crippen LogP contribution is -2.10. The number of tetrazole rings is 1. The predicted molar refractivity (Wildman–Crippen MR) is 101 cm³/mol. The van der Waals surface area contributed by atoms with E-state index in [1.54, 1.807) is 0 Å². The van der Waals surface area contributed by atoms with Crippen LogP contribution in [0.4, 0.5) is 24.5 Å². The molecule has 0 radical (unpaired) electrons. The highest BCUT2D eigenvalue weighted by Gasteiger charge is 2.31. The quantitative estimate of drug-likeness (QED) is 0.532. The summed E-state index contributed by atoms with van der Waals surface area (Å²) in [6.07, 6.45) is -3.27. The Morgan fingerprint density at radius 3 is 2.55 bits per heavy atom. The molecule has 1 aromatic heterocycles. The van der Waals surface area contributed by atoms with Gasteiger partial charge in [0.15, 0.2) is 0 Å². The van der Waals surface area contributed by atoms with Crippen molar-refractivity contribution in [1.82, 2.24) is 20.6 Å². The SMILES string of the molecule is CC(Nc1ccc(C(F)(F)F)cc1NC=C(C#N)c1nn[nH]n1)c1ccccc1. The molecule has 29 heavy (non-hydrogen) atoms. The number of aromatic nitrogens is 4. The van der Waals surface area contributed by atoms with Crippen LogP contribution in [-0.4, -0.2) is 20.6 Å². The van der Waals surface area contributed by atoms with Crippen molar-refractivity contribution in [3.8, 4) is 6.07 Å². The van der Waals surface area contributed by atoms with Gasteiger partial charge in [0.05, 0.1) is 16.9 Å². The van der Waals surface area contributed by atoms with E-state index in [4.69, 9.17) is 0 Å². The number of hydrogen-bond acceptors (Lipinski definition) is 6. The minimum atomic E-state index is -4.50. The molecule has 0 amide bonds. The number of anilines is 2. The molecule has 2 aromatic carbocycles. The van der Waals surface area contributed by atoms with Crippen LogP contribution in [0.5, 0.6) is 0 Å². The number of nitrogens with one attached hydrogen (secondary N) is 3. The number of allylic oxidation sites excluding steroid dienone is 1. The van der Waals surface area contributed by atoms with Crippen LogP contribution in [0.3, 0.4) is 0 Å². The van der Waals surface area contributed by atoms with Gasteiger partial charge in [0.2, 0.25) is 5.82 Å². The maximum absolute atomic E-state index is 13.2. The third-order valence-corrected chi connectivity index (χ3v) is 4.10. The highest BCUT2D eigenvalue weighted by molar-refractivity contribution is 5.77. The summed E-state index contributed by atoms with van der Waals surface area (Å²) in [4.78, 5) is 0. The summed E-state index contributed by atoms with van der Waals surface area (Å²) in [5, 5.41) is 28.2. The van der Waals surface area contributed by atoms with Crippen LogP contribution in [-0.2, 0) is 6.18 Å². The first-order chi connectivity index (χ1) is 13.9. The third kappa shape index (κ3) is 4.90. The number of nitriles is 1. The summed E-state index contributed by atoms with van der Waals surface area (Å²) < 4.78 is 39.5. The van der Waals surface area contributed by atoms with E-state index in [1.165, 1.54) is 12.3 Å². The van der Waals surface area contributed by atoms with Crippen molar-refractivity contribution in [2.24, 2.45) is 0 Å². The van der Waals surface area contributed by atoms with Crippen molar-refractivity contribution in [2.75, 3.05) is 10.6 Å². The van der Waals surface area contributed by atoms with E-state index < -0.39 is 11.7 Å². The summed E-state index contributed by atoms with van der Waals surface area (Å²) in [5.41, 5.74) is 0.760. The van der Waals surface area contributed by atoms with Crippen LogP contribution in [0, 0.1) is 11.3 Å². The Labute approximate surface area is 164 Å². The average Bonchev–Trinajstić information content (AvgIpc) is 3.24. The zero-order chi connectivity index (χ0) is 20.9. The molecule has 3 aromatic rings. The Morgan fingerprint density at radius 2 is 1.93 bits per heavy atom. The van der Waals surface area contributed by atoms with Crippen LogP contribution in [0.1, 0.15) is 29.9 Å². The van der Waals surface area contributed by atoms with Gasteiger partial charge in [0.25, 0.3) is 0 Å². The van der Waals surface area contributed by atoms with Crippen LogP contribution >= 0.6 is 0 Å². The van der Waals surface area contributed by atoms with Crippen LogP contribution in [0.25, 0.3) is 5.57 Å². The lowest BCUT2D eigenvalue weighted by Gasteiger charge is -2.20. The monoisotopic (exact) mass is 399 g/mol. The Kier molecular flexibility index (Phi) is 5.78. The third-order valence-electron chi connectivity index (χ3n) is 4.10. The summed E-state index contributed by atoms with van der Waals surface area (Å²) in [5.74, 6) is 0.0270.